The maximum atomic E-state index is 12.1. The van der Waals surface area contributed by atoms with Crippen LogP contribution in [0, 0.1) is 0 Å². The Morgan fingerprint density at radius 2 is 1.67 bits per heavy atom. The Hall–Kier alpha value is -1.95. The van der Waals surface area contributed by atoms with Gasteiger partial charge in [-0.1, -0.05) is 0 Å². The standard InChI is InChI=1S/C18H28N4O2/c1-18(2,3)24-17(23)21-10-8-20(9-11-21)16-12-22(13-16)15-6-4-14(19)5-7-15/h4-7,16H,8-13,19H2,1-3H3. The van der Waals surface area contributed by atoms with Crippen molar-refractivity contribution in [2.75, 3.05) is 49.9 Å². The summed E-state index contributed by atoms with van der Waals surface area (Å²) in [6.07, 6.45) is -0.195. The van der Waals surface area contributed by atoms with Crippen molar-refractivity contribution >= 4 is 17.5 Å². The second kappa shape index (κ2) is 6.51. The van der Waals surface area contributed by atoms with E-state index in [9.17, 15) is 4.79 Å². The Kier molecular flexibility index (Phi) is 4.58. The lowest BCUT2D eigenvalue weighted by atomic mass is 10.0. The highest BCUT2D eigenvalue weighted by atomic mass is 16.6. The van der Waals surface area contributed by atoms with Crippen LogP contribution < -0.4 is 10.6 Å². The first-order chi connectivity index (χ1) is 11.3. The number of carbonyl (C=O) groups excluding carboxylic acids is 1. The van der Waals surface area contributed by atoms with Crippen molar-refractivity contribution in [1.82, 2.24) is 9.80 Å². The molecule has 3 rings (SSSR count). The molecule has 0 aromatic heterocycles. The molecular formula is C18H28N4O2. The zero-order valence-electron chi connectivity index (χ0n) is 14.9. The molecule has 1 aromatic rings. The minimum absolute atomic E-state index is 0.195. The fourth-order valence-electron chi connectivity index (χ4n) is 3.18. The molecule has 24 heavy (non-hydrogen) atoms. The van der Waals surface area contributed by atoms with Crippen LogP contribution in [0.2, 0.25) is 0 Å². The Morgan fingerprint density at radius 1 is 1.08 bits per heavy atom. The van der Waals surface area contributed by atoms with Gasteiger partial charge in [-0.05, 0) is 45.0 Å². The van der Waals surface area contributed by atoms with Gasteiger partial charge in [0, 0.05) is 56.7 Å². The van der Waals surface area contributed by atoms with Gasteiger partial charge in [0.1, 0.15) is 5.60 Å². The van der Waals surface area contributed by atoms with Crippen LogP contribution in [-0.2, 0) is 4.74 Å². The van der Waals surface area contributed by atoms with Gasteiger partial charge in [0.15, 0.2) is 0 Å². The van der Waals surface area contributed by atoms with Gasteiger partial charge >= 0.3 is 6.09 Å². The molecule has 2 aliphatic rings. The first-order valence-electron chi connectivity index (χ1n) is 8.64. The summed E-state index contributed by atoms with van der Waals surface area (Å²) in [7, 11) is 0. The Labute approximate surface area is 144 Å². The second-order valence-electron chi connectivity index (χ2n) is 7.65. The Balaban J connectivity index is 1.44. The van der Waals surface area contributed by atoms with Crippen LogP contribution in [-0.4, -0.2) is 66.8 Å². The van der Waals surface area contributed by atoms with Crippen molar-refractivity contribution in [2.24, 2.45) is 0 Å². The van der Waals surface area contributed by atoms with Gasteiger partial charge in [-0.3, -0.25) is 4.90 Å². The van der Waals surface area contributed by atoms with E-state index in [4.69, 9.17) is 10.5 Å². The van der Waals surface area contributed by atoms with Crippen LogP contribution >= 0.6 is 0 Å². The number of hydrogen-bond donors (Lipinski definition) is 1. The highest BCUT2D eigenvalue weighted by Crippen LogP contribution is 2.25. The summed E-state index contributed by atoms with van der Waals surface area (Å²) in [6.45, 7) is 11.1. The quantitative estimate of drug-likeness (QED) is 0.840. The molecule has 2 aliphatic heterocycles. The molecule has 2 N–H and O–H groups in total. The lowest BCUT2D eigenvalue weighted by Crippen LogP contribution is -2.63. The molecular weight excluding hydrogens is 304 g/mol. The predicted octanol–water partition coefficient (Wildman–Crippen LogP) is 2.01. The van der Waals surface area contributed by atoms with Crippen molar-refractivity contribution in [1.29, 1.82) is 0 Å². The van der Waals surface area contributed by atoms with E-state index >= 15 is 0 Å². The molecule has 0 bridgehead atoms. The van der Waals surface area contributed by atoms with Gasteiger partial charge < -0.3 is 20.3 Å². The van der Waals surface area contributed by atoms with Gasteiger partial charge in [0.25, 0.3) is 0 Å². The predicted molar refractivity (Wildman–Crippen MR) is 96.2 cm³/mol. The minimum Gasteiger partial charge on any atom is -0.444 e. The van der Waals surface area contributed by atoms with Crippen molar-refractivity contribution in [3.8, 4) is 0 Å². The molecule has 0 spiro atoms. The zero-order valence-corrected chi connectivity index (χ0v) is 14.9. The summed E-state index contributed by atoms with van der Waals surface area (Å²) in [6, 6.07) is 8.62. The molecule has 6 nitrogen and oxygen atoms in total. The van der Waals surface area contributed by atoms with E-state index in [1.807, 2.05) is 37.8 Å². The fraction of sp³-hybridized carbons (Fsp3) is 0.611. The number of nitrogen functional groups attached to an aromatic ring is 1. The van der Waals surface area contributed by atoms with Crippen LogP contribution in [0.5, 0.6) is 0 Å². The molecule has 132 valence electrons. The molecule has 6 heteroatoms. The van der Waals surface area contributed by atoms with Crippen LogP contribution in [0.25, 0.3) is 0 Å². The van der Waals surface area contributed by atoms with Crippen LogP contribution in [0.3, 0.4) is 0 Å². The van der Waals surface area contributed by atoms with Crippen molar-refractivity contribution < 1.29 is 9.53 Å². The number of carbonyl (C=O) groups is 1. The number of amides is 1. The molecule has 2 fully saturated rings. The third-order valence-corrected chi connectivity index (χ3v) is 4.60. The van der Waals surface area contributed by atoms with Crippen LogP contribution in [0.4, 0.5) is 16.2 Å². The summed E-state index contributed by atoms with van der Waals surface area (Å²) in [4.78, 5) is 18.8. The SMILES string of the molecule is CC(C)(C)OC(=O)N1CCN(C2CN(c3ccc(N)cc3)C2)CC1. The molecule has 0 radical (unpaired) electrons. The third kappa shape index (κ3) is 3.93. The number of ether oxygens (including phenoxy) is 1. The number of nitrogens with zero attached hydrogens (tertiary/aromatic N) is 3. The molecule has 0 saturated carbocycles. The van der Waals surface area contributed by atoms with E-state index in [1.165, 1.54) is 5.69 Å². The summed E-state index contributed by atoms with van der Waals surface area (Å²) in [5, 5.41) is 0. The average molecular weight is 332 g/mol. The van der Waals surface area contributed by atoms with E-state index in [0.29, 0.717) is 6.04 Å². The maximum Gasteiger partial charge on any atom is 0.410 e. The number of benzene rings is 1. The smallest absolute Gasteiger partial charge is 0.410 e. The van der Waals surface area contributed by atoms with Crippen molar-refractivity contribution in [2.45, 2.75) is 32.4 Å². The van der Waals surface area contributed by atoms with Gasteiger partial charge in [-0.2, -0.15) is 0 Å². The lowest BCUT2D eigenvalue weighted by Gasteiger charge is -2.49. The average Bonchev–Trinajstić information content (AvgIpc) is 2.46. The lowest BCUT2D eigenvalue weighted by molar-refractivity contribution is 0.00876. The molecule has 0 aliphatic carbocycles. The normalized spacial score (nSPS) is 20.0. The molecule has 1 amide bonds. The summed E-state index contributed by atoms with van der Waals surface area (Å²) >= 11 is 0. The number of nitrogens with two attached hydrogens (primary N) is 1. The molecule has 2 heterocycles. The van der Waals surface area contributed by atoms with E-state index < -0.39 is 5.60 Å². The topological polar surface area (TPSA) is 62.0 Å². The van der Waals surface area contributed by atoms with Gasteiger partial charge in [0.2, 0.25) is 0 Å². The Bertz CT molecular complexity index is 568. The largest absolute Gasteiger partial charge is 0.444 e. The van der Waals surface area contributed by atoms with Crippen molar-refractivity contribution in [3.05, 3.63) is 24.3 Å². The first-order valence-corrected chi connectivity index (χ1v) is 8.64. The summed E-state index contributed by atoms with van der Waals surface area (Å²) in [5.41, 5.74) is 7.34. The number of rotatable bonds is 2. The minimum atomic E-state index is -0.429. The molecule has 2 saturated heterocycles. The van der Waals surface area contributed by atoms with Crippen LogP contribution in [0.1, 0.15) is 20.8 Å². The molecule has 0 atom stereocenters. The number of hydrogen-bond acceptors (Lipinski definition) is 5. The van der Waals surface area contributed by atoms with E-state index in [2.05, 4.69) is 21.9 Å². The monoisotopic (exact) mass is 332 g/mol. The van der Waals surface area contributed by atoms with Gasteiger partial charge in [-0.15, -0.1) is 0 Å². The molecule has 0 unspecified atom stereocenters. The highest BCUT2D eigenvalue weighted by molar-refractivity contribution is 5.68. The number of anilines is 2. The van der Waals surface area contributed by atoms with E-state index in [-0.39, 0.29) is 6.09 Å². The van der Waals surface area contributed by atoms with Crippen molar-refractivity contribution in [3.63, 3.8) is 0 Å². The molecule has 1 aromatic carbocycles. The highest BCUT2D eigenvalue weighted by Gasteiger charge is 2.35. The summed E-state index contributed by atoms with van der Waals surface area (Å²) in [5.74, 6) is 0. The van der Waals surface area contributed by atoms with E-state index in [1.54, 1.807) is 0 Å². The van der Waals surface area contributed by atoms with Crippen LogP contribution in [0.15, 0.2) is 24.3 Å². The van der Waals surface area contributed by atoms with E-state index in [0.717, 1.165) is 45.0 Å². The van der Waals surface area contributed by atoms with Gasteiger partial charge in [0.05, 0.1) is 0 Å². The first kappa shape index (κ1) is 16.9. The Morgan fingerprint density at radius 3 is 2.21 bits per heavy atom. The fourth-order valence-corrected chi connectivity index (χ4v) is 3.18. The third-order valence-electron chi connectivity index (χ3n) is 4.60. The maximum absolute atomic E-state index is 12.1. The van der Waals surface area contributed by atoms with Gasteiger partial charge in [-0.25, -0.2) is 4.79 Å². The second-order valence-corrected chi connectivity index (χ2v) is 7.65. The summed E-state index contributed by atoms with van der Waals surface area (Å²) < 4.78 is 5.45. The zero-order chi connectivity index (χ0) is 17.3. The number of piperazine rings is 1.